The van der Waals surface area contributed by atoms with Gasteiger partial charge in [-0.25, -0.2) is 4.79 Å². The first-order valence-electron chi connectivity index (χ1n) is 16.2. The van der Waals surface area contributed by atoms with E-state index in [0.29, 0.717) is 23.7 Å². The van der Waals surface area contributed by atoms with Gasteiger partial charge in [0.15, 0.2) is 6.29 Å². The zero-order chi connectivity index (χ0) is 34.0. The van der Waals surface area contributed by atoms with Gasteiger partial charge in [-0.1, -0.05) is 85.8 Å². The summed E-state index contributed by atoms with van der Waals surface area (Å²) in [6.45, 7) is 2.50. The minimum absolute atomic E-state index is 0.00809. The molecule has 6 rings (SSSR count). The Bertz CT molecular complexity index is 1790. The van der Waals surface area contributed by atoms with Gasteiger partial charge in [0.2, 0.25) is 0 Å². The molecule has 0 aliphatic carbocycles. The monoisotopic (exact) mass is 676 g/mol. The second kappa shape index (κ2) is 16.5. The van der Waals surface area contributed by atoms with Crippen LogP contribution in [0.5, 0.6) is 17.2 Å². The van der Waals surface area contributed by atoms with Gasteiger partial charge < -0.3 is 34.7 Å². The SMILES string of the molecule is COc1ccccc1SC[C@@H]1O[C@H](c2ccc(CNC(=O)Nc3ccc(Oc4ccccc4)cc3)cc2)O[C@H](c2ccc(CO)cc2)[C@@H]1C. The third-order valence-electron chi connectivity index (χ3n) is 8.39. The molecule has 252 valence electrons. The number of hydrogen-bond donors (Lipinski definition) is 3. The fourth-order valence-electron chi connectivity index (χ4n) is 5.60. The molecular weight excluding hydrogens is 637 g/mol. The third kappa shape index (κ3) is 9.01. The van der Waals surface area contributed by atoms with Crippen LogP contribution in [0.25, 0.3) is 0 Å². The summed E-state index contributed by atoms with van der Waals surface area (Å²) in [6, 6.07) is 40.3. The summed E-state index contributed by atoms with van der Waals surface area (Å²) in [5.74, 6) is 3.05. The van der Waals surface area contributed by atoms with Crippen molar-refractivity contribution in [3.63, 3.8) is 0 Å². The van der Waals surface area contributed by atoms with E-state index in [0.717, 1.165) is 38.6 Å². The Hall–Kier alpha value is -4.80. The number of carbonyl (C=O) groups is 1. The zero-order valence-electron chi connectivity index (χ0n) is 27.5. The number of benzene rings is 5. The standard InChI is InChI=1S/C40H40N2O6S/c1-27-36(26-49-37-11-7-6-10-35(37)45-2)47-39(48-38(27)30-16-14-29(25-43)15-17-30)31-18-12-28(13-19-31)24-41-40(44)42-32-20-22-34(23-21-32)46-33-8-4-3-5-9-33/h3-23,27,36,38-39,43H,24-26H2,1-2H3,(H2,41,42,44)/t27-,36+,38+,39+/m1/s1. The molecule has 4 atom stereocenters. The lowest BCUT2D eigenvalue weighted by Gasteiger charge is -2.41. The van der Waals surface area contributed by atoms with Crippen LogP contribution in [0.15, 0.2) is 132 Å². The molecule has 0 bridgehead atoms. The number of aliphatic hydroxyl groups is 1. The Kier molecular flexibility index (Phi) is 11.5. The van der Waals surface area contributed by atoms with Crippen molar-refractivity contribution >= 4 is 23.5 Å². The molecule has 0 aromatic heterocycles. The largest absolute Gasteiger partial charge is 0.496 e. The van der Waals surface area contributed by atoms with Crippen LogP contribution in [-0.4, -0.2) is 30.1 Å². The fourth-order valence-corrected chi connectivity index (χ4v) is 6.80. The number of nitrogens with one attached hydrogen (secondary N) is 2. The molecule has 1 heterocycles. The molecule has 0 radical (unpaired) electrons. The minimum atomic E-state index is -0.582. The van der Waals surface area contributed by atoms with Crippen LogP contribution >= 0.6 is 11.8 Å². The van der Waals surface area contributed by atoms with E-state index in [4.69, 9.17) is 18.9 Å². The van der Waals surface area contributed by atoms with Gasteiger partial charge in [-0.2, -0.15) is 0 Å². The Morgan fingerprint density at radius 2 is 1.43 bits per heavy atom. The van der Waals surface area contributed by atoms with Crippen LogP contribution in [0.4, 0.5) is 10.5 Å². The normalized spacial score (nSPS) is 18.8. The van der Waals surface area contributed by atoms with Crippen molar-refractivity contribution < 1.29 is 28.8 Å². The maximum Gasteiger partial charge on any atom is 0.319 e. The van der Waals surface area contributed by atoms with E-state index in [1.165, 1.54) is 0 Å². The van der Waals surface area contributed by atoms with E-state index in [1.54, 1.807) is 31.0 Å². The Labute approximate surface area is 291 Å². The second-order valence-corrected chi connectivity index (χ2v) is 12.8. The number of amides is 2. The molecule has 1 saturated heterocycles. The molecule has 1 fully saturated rings. The highest BCUT2D eigenvalue weighted by Crippen LogP contribution is 2.43. The summed E-state index contributed by atoms with van der Waals surface area (Å²) in [7, 11) is 1.68. The maximum atomic E-state index is 12.6. The van der Waals surface area contributed by atoms with Crippen molar-refractivity contribution in [3.8, 4) is 17.2 Å². The van der Waals surface area contributed by atoms with Crippen molar-refractivity contribution in [3.05, 3.63) is 150 Å². The number of thioether (sulfide) groups is 1. The van der Waals surface area contributed by atoms with Gasteiger partial charge in [-0.3, -0.25) is 0 Å². The van der Waals surface area contributed by atoms with Crippen molar-refractivity contribution in [1.82, 2.24) is 5.32 Å². The smallest absolute Gasteiger partial charge is 0.319 e. The average Bonchev–Trinajstić information content (AvgIpc) is 3.15. The number of ether oxygens (including phenoxy) is 4. The first kappa shape index (κ1) is 34.1. The molecule has 1 aliphatic rings. The van der Waals surface area contributed by atoms with E-state index in [1.807, 2.05) is 109 Å². The summed E-state index contributed by atoms with van der Waals surface area (Å²) < 4.78 is 24.6. The molecule has 5 aromatic rings. The number of urea groups is 1. The number of aliphatic hydroxyl groups excluding tert-OH is 1. The summed E-state index contributed by atoms with van der Waals surface area (Å²) in [4.78, 5) is 13.7. The van der Waals surface area contributed by atoms with Crippen LogP contribution in [0.1, 0.15) is 41.6 Å². The van der Waals surface area contributed by atoms with Gasteiger partial charge in [0, 0.05) is 34.4 Å². The van der Waals surface area contributed by atoms with E-state index in [2.05, 4.69) is 23.6 Å². The molecule has 9 heteroatoms. The lowest BCUT2D eigenvalue weighted by atomic mass is 9.91. The maximum absolute atomic E-state index is 12.6. The first-order valence-corrected chi connectivity index (χ1v) is 17.2. The molecule has 3 N–H and O–H groups in total. The van der Waals surface area contributed by atoms with Crippen molar-refractivity contribution in [1.29, 1.82) is 0 Å². The summed E-state index contributed by atoms with van der Waals surface area (Å²) in [6.07, 6.45) is -0.903. The molecule has 0 unspecified atom stereocenters. The molecule has 49 heavy (non-hydrogen) atoms. The highest BCUT2D eigenvalue weighted by atomic mass is 32.2. The number of methoxy groups -OCH3 is 1. The van der Waals surface area contributed by atoms with Crippen LogP contribution in [0.2, 0.25) is 0 Å². The Morgan fingerprint density at radius 1 is 0.776 bits per heavy atom. The van der Waals surface area contributed by atoms with E-state index >= 15 is 0 Å². The third-order valence-corrected chi connectivity index (χ3v) is 9.54. The highest BCUT2D eigenvalue weighted by molar-refractivity contribution is 7.99. The van der Waals surface area contributed by atoms with Gasteiger partial charge >= 0.3 is 6.03 Å². The van der Waals surface area contributed by atoms with Gasteiger partial charge in [-0.05, 0) is 65.2 Å². The second-order valence-electron chi connectivity index (χ2n) is 11.8. The number of rotatable bonds is 12. The van der Waals surface area contributed by atoms with E-state index < -0.39 is 6.29 Å². The summed E-state index contributed by atoms with van der Waals surface area (Å²) in [5, 5.41) is 15.3. The Morgan fingerprint density at radius 3 is 2.14 bits per heavy atom. The van der Waals surface area contributed by atoms with Crippen molar-refractivity contribution in [2.45, 2.75) is 43.5 Å². The Balaban J connectivity index is 1.08. The minimum Gasteiger partial charge on any atom is -0.496 e. The van der Waals surface area contributed by atoms with Gasteiger partial charge in [0.05, 0.1) is 25.9 Å². The zero-order valence-corrected chi connectivity index (χ0v) is 28.3. The fraction of sp³-hybridized carbons (Fsp3) is 0.225. The molecule has 5 aromatic carbocycles. The molecular formula is C40H40N2O6S. The number of anilines is 1. The average molecular weight is 677 g/mol. The van der Waals surface area contributed by atoms with Crippen LogP contribution < -0.4 is 20.1 Å². The van der Waals surface area contributed by atoms with E-state index in [-0.39, 0.29) is 30.8 Å². The van der Waals surface area contributed by atoms with Gasteiger partial charge in [-0.15, -0.1) is 11.8 Å². The predicted octanol–water partition coefficient (Wildman–Crippen LogP) is 8.89. The lowest BCUT2D eigenvalue weighted by Crippen LogP contribution is -2.38. The van der Waals surface area contributed by atoms with Crippen LogP contribution in [0, 0.1) is 5.92 Å². The van der Waals surface area contributed by atoms with Crippen LogP contribution in [0.3, 0.4) is 0 Å². The lowest BCUT2D eigenvalue weighted by molar-refractivity contribution is -0.268. The number of carbonyl (C=O) groups excluding carboxylic acids is 1. The molecule has 1 aliphatic heterocycles. The van der Waals surface area contributed by atoms with Crippen molar-refractivity contribution in [2.24, 2.45) is 5.92 Å². The molecule has 2 amide bonds. The quantitative estimate of drug-likeness (QED) is 0.114. The van der Waals surface area contributed by atoms with Crippen LogP contribution in [-0.2, 0) is 22.6 Å². The molecule has 0 spiro atoms. The molecule has 8 nitrogen and oxygen atoms in total. The number of hydrogen-bond acceptors (Lipinski definition) is 7. The number of para-hydroxylation sites is 2. The predicted molar refractivity (Wildman–Crippen MR) is 192 cm³/mol. The van der Waals surface area contributed by atoms with Crippen molar-refractivity contribution in [2.75, 3.05) is 18.2 Å². The topological polar surface area (TPSA) is 98.3 Å². The molecule has 0 saturated carbocycles. The summed E-state index contributed by atoms with van der Waals surface area (Å²) >= 11 is 1.70. The first-order chi connectivity index (χ1) is 24.0. The van der Waals surface area contributed by atoms with Gasteiger partial charge in [0.1, 0.15) is 17.2 Å². The van der Waals surface area contributed by atoms with E-state index in [9.17, 15) is 9.90 Å². The summed E-state index contributed by atoms with van der Waals surface area (Å²) in [5.41, 5.74) is 4.38. The van der Waals surface area contributed by atoms with Gasteiger partial charge in [0.25, 0.3) is 0 Å². The highest BCUT2D eigenvalue weighted by Gasteiger charge is 2.38.